The summed E-state index contributed by atoms with van der Waals surface area (Å²) in [5.41, 5.74) is 1.89. The van der Waals surface area contributed by atoms with Gasteiger partial charge in [-0.1, -0.05) is 18.2 Å². The van der Waals surface area contributed by atoms with Gasteiger partial charge in [0.1, 0.15) is 12.4 Å². The van der Waals surface area contributed by atoms with Crippen LogP contribution in [-0.2, 0) is 4.79 Å². The molecule has 0 atom stereocenters. The smallest absolute Gasteiger partial charge is 0.293 e. The Morgan fingerprint density at radius 2 is 2.12 bits per heavy atom. The minimum Gasteiger partial charge on any atom is -0.492 e. The van der Waals surface area contributed by atoms with Gasteiger partial charge in [-0.15, -0.1) is 0 Å². The van der Waals surface area contributed by atoms with Gasteiger partial charge in [0, 0.05) is 12.4 Å². The highest BCUT2D eigenvalue weighted by molar-refractivity contribution is 8.18. The molecule has 0 saturated carbocycles. The van der Waals surface area contributed by atoms with Crippen molar-refractivity contribution in [2.75, 3.05) is 13.2 Å². The summed E-state index contributed by atoms with van der Waals surface area (Å²) in [6.45, 7) is 2.47. The molecule has 1 aliphatic heterocycles. The molecule has 122 valence electrons. The SMILES string of the molecule is Cc1cccc(OCCN2C(=O)S/C(=C\c3cccnc3)C2=O)c1. The Bertz CT molecular complexity index is 790. The van der Waals surface area contributed by atoms with Gasteiger partial charge in [0.25, 0.3) is 11.1 Å². The lowest BCUT2D eigenvalue weighted by atomic mass is 10.2. The van der Waals surface area contributed by atoms with Crippen LogP contribution >= 0.6 is 11.8 Å². The van der Waals surface area contributed by atoms with E-state index in [0.717, 1.165) is 28.6 Å². The van der Waals surface area contributed by atoms with Crippen LogP contribution in [0.3, 0.4) is 0 Å². The largest absolute Gasteiger partial charge is 0.492 e. The first-order valence-corrected chi connectivity index (χ1v) is 8.30. The first-order chi connectivity index (χ1) is 11.6. The van der Waals surface area contributed by atoms with E-state index in [2.05, 4.69) is 4.98 Å². The van der Waals surface area contributed by atoms with E-state index in [1.165, 1.54) is 4.90 Å². The summed E-state index contributed by atoms with van der Waals surface area (Å²) < 4.78 is 5.61. The van der Waals surface area contributed by atoms with Crippen LogP contribution < -0.4 is 4.74 Å². The lowest BCUT2D eigenvalue weighted by Gasteiger charge is -2.13. The quantitative estimate of drug-likeness (QED) is 0.780. The van der Waals surface area contributed by atoms with Gasteiger partial charge < -0.3 is 4.74 Å². The van der Waals surface area contributed by atoms with Crippen molar-refractivity contribution in [3.63, 3.8) is 0 Å². The third-order valence-electron chi connectivity index (χ3n) is 3.43. The number of aryl methyl sites for hydroxylation is 1. The summed E-state index contributed by atoms with van der Waals surface area (Å²) in [6.07, 6.45) is 4.99. The Labute approximate surface area is 144 Å². The zero-order valence-electron chi connectivity index (χ0n) is 13.1. The van der Waals surface area contributed by atoms with Crippen molar-refractivity contribution in [1.82, 2.24) is 9.88 Å². The fourth-order valence-corrected chi connectivity index (χ4v) is 3.13. The number of rotatable bonds is 5. The van der Waals surface area contributed by atoms with E-state index in [-0.39, 0.29) is 24.3 Å². The number of carbonyl (C=O) groups is 2. The van der Waals surface area contributed by atoms with Crippen LogP contribution in [0, 0.1) is 6.92 Å². The van der Waals surface area contributed by atoms with Crippen molar-refractivity contribution < 1.29 is 14.3 Å². The second kappa shape index (κ2) is 7.31. The minimum absolute atomic E-state index is 0.225. The molecule has 0 N–H and O–H groups in total. The number of thioether (sulfide) groups is 1. The highest BCUT2D eigenvalue weighted by Gasteiger charge is 2.34. The average Bonchev–Trinajstić information content (AvgIpc) is 2.83. The van der Waals surface area contributed by atoms with Crippen molar-refractivity contribution >= 4 is 29.0 Å². The van der Waals surface area contributed by atoms with E-state index < -0.39 is 0 Å². The van der Waals surface area contributed by atoms with Gasteiger partial charge in [0.15, 0.2) is 0 Å². The number of imide groups is 1. The predicted molar refractivity (Wildman–Crippen MR) is 93.6 cm³/mol. The van der Waals surface area contributed by atoms with E-state index in [1.807, 2.05) is 37.3 Å². The molecule has 5 nitrogen and oxygen atoms in total. The average molecular weight is 340 g/mol. The summed E-state index contributed by atoms with van der Waals surface area (Å²) in [7, 11) is 0. The molecule has 1 aliphatic rings. The van der Waals surface area contributed by atoms with Gasteiger partial charge in [-0.25, -0.2) is 0 Å². The first-order valence-electron chi connectivity index (χ1n) is 7.48. The number of hydrogen-bond donors (Lipinski definition) is 0. The number of pyridine rings is 1. The fourth-order valence-electron chi connectivity index (χ4n) is 2.27. The molecular formula is C18H16N2O3S. The monoisotopic (exact) mass is 340 g/mol. The third-order valence-corrected chi connectivity index (χ3v) is 4.34. The fraction of sp³-hybridized carbons (Fsp3) is 0.167. The predicted octanol–water partition coefficient (Wildman–Crippen LogP) is 3.51. The number of aromatic nitrogens is 1. The molecule has 0 spiro atoms. The standard InChI is InChI=1S/C18H16N2O3S/c1-13-4-2-6-15(10-13)23-9-8-20-17(21)16(24-18(20)22)11-14-5-3-7-19-12-14/h2-7,10-12H,8-9H2,1H3/b16-11-. The molecule has 1 aromatic heterocycles. The number of amides is 2. The van der Waals surface area contributed by atoms with Crippen LogP contribution in [0.15, 0.2) is 53.7 Å². The first kappa shape index (κ1) is 16.3. The summed E-state index contributed by atoms with van der Waals surface area (Å²) in [5, 5.41) is -0.275. The van der Waals surface area contributed by atoms with E-state index in [4.69, 9.17) is 4.74 Å². The Kier molecular flexibility index (Phi) is 4.96. The van der Waals surface area contributed by atoms with E-state index in [1.54, 1.807) is 24.5 Å². The molecule has 1 aromatic carbocycles. The zero-order valence-corrected chi connectivity index (χ0v) is 14.0. The van der Waals surface area contributed by atoms with Gasteiger partial charge in [-0.3, -0.25) is 19.5 Å². The highest BCUT2D eigenvalue weighted by atomic mass is 32.2. The molecule has 1 saturated heterocycles. The maximum Gasteiger partial charge on any atom is 0.293 e. The van der Waals surface area contributed by atoms with Gasteiger partial charge >= 0.3 is 0 Å². The van der Waals surface area contributed by atoms with Crippen molar-refractivity contribution in [2.24, 2.45) is 0 Å². The van der Waals surface area contributed by atoms with E-state index in [9.17, 15) is 9.59 Å². The number of carbonyl (C=O) groups excluding carboxylic acids is 2. The molecular weight excluding hydrogens is 324 g/mol. The van der Waals surface area contributed by atoms with Crippen molar-refractivity contribution in [1.29, 1.82) is 0 Å². The second-order valence-corrected chi connectivity index (χ2v) is 6.28. The van der Waals surface area contributed by atoms with Crippen molar-refractivity contribution in [3.8, 4) is 5.75 Å². The molecule has 24 heavy (non-hydrogen) atoms. The molecule has 2 aromatic rings. The van der Waals surface area contributed by atoms with Crippen LogP contribution in [0.4, 0.5) is 4.79 Å². The van der Waals surface area contributed by atoms with Gasteiger partial charge in [0.2, 0.25) is 0 Å². The number of ether oxygens (including phenoxy) is 1. The van der Waals surface area contributed by atoms with E-state index >= 15 is 0 Å². The lowest BCUT2D eigenvalue weighted by molar-refractivity contribution is -0.123. The number of benzene rings is 1. The van der Waals surface area contributed by atoms with Crippen LogP contribution in [0.1, 0.15) is 11.1 Å². The summed E-state index contributed by atoms with van der Waals surface area (Å²) in [4.78, 5) is 30.0. The molecule has 2 heterocycles. The normalized spacial score (nSPS) is 16.0. The lowest BCUT2D eigenvalue weighted by Crippen LogP contribution is -2.32. The van der Waals surface area contributed by atoms with Crippen LogP contribution in [0.25, 0.3) is 6.08 Å². The Hall–Kier alpha value is -2.60. The molecule has 1 fully saturated rings. The maximum absolute atomic E-state index is 12.4. The Morgan fingerprint density at radius 3 is 2.88 bits per heavy atom. The summed E-state index contributed by atoms with van der Waals surface area (Å²) >= 11 is 0.941. The maximum atomic E-state index is 12.4. The molecule has 0 aliphatic carbocycles. The molecule has 6 heteroatoms. The topological polar surface area (TPSA) is 59.5 Å². The summed E-state index contributed by atoms with van der Waals surface area (Å²) in [6, 6.07) is 11.3. The molecule has 0 unspecified atom stereocenters. The minimum atomic E-state index is -0.290. The van der Waals surface area contributed by atoms with Gasteiger partial charge in [-0.05, 0) is 54.1 Å². The second-order valence-electron chi connectivity index (χ2n) is 5.28. The van der Waals surface area contributed by atoms with Crippen LogP contribution in [0.5, 0.6) is 5.75 Å². The van der Waals surface area contributed by atoms with Gasteiger partial charge in [-0.2, -0.15) is 0 Å². The van der Waals surface area contributed by atoms with Crippen LogP contribution in [-0.4, -0.2) is 34.2 Å². The Morgan fingerprint density at radius 1 is 1.25 bits per heavy atom. The van der Waals surface area contributed by atoms with Gasteiger partial charge in [0.05, 0.1) is 11.4 Å². The van der Waals surface area contributed by atoms with E-state index in [0.29, 0.717) is 4.91 Å². The Balaban J connectivity index is 1.61. The molecule has 2 amide bonds. The molecule has 3 rings (SSSR count). The molecule has 0 radical (unpaired) electrons. The zero-order chi connectivity index (χ0) is 16.9. The molecule has 0 bridgehead atoms. The summed E-state index contributed by atoms with van der Waals surface area (Å²) in [5.74, 6) is 0.439. The van der Waals surface area contributed by atoms with Crippen molar-refractivity contribution in [3.05, 3.63) is 64.8 Å². The third kappa shape index (κ3) is 3.83. The number of nitrogens with zero attached hydrogens (tertiary/aromatic N) is 2. The van der Waals surface area contributed by atoms with Crippen molar-refractivity contribution in [2.45, 2.75) is 6.92 Å². The highest BCUT2D eigenvalue weighted by Crippen LogP contribution is 2.31. The van der Waals surface area contributed by atoms with Crippen LogP contribution in [0.2, 0.25) is 0 Å². The number of hydrogen-bond acceptors (Lipinski definition) is 5.